The predicted molar refractivity (Wildman–Crippen MR) is 96.0 cm³/mol. The SMILES string of the molecule is COC(=O)c1cccc2cc(-c3cccc4cnccc34)ccc12. The fourth-order valence-corrected chi connectivity index (χ4v) is 3.11. The molecule has 0 saturated heterocycles. The van der Waals surface area contributed by atoms with Crippen molar-refractivity contribution in [1.82, 2.24) is 4.98 Å². The van der Waals surface area contributed by atoms with Gasteiger partial charge in [0.05, 0.1) is 12.7 Å². The molecule has 0 N–H and O–H groups in total. The number of ether oxygens (including phenoxy) is 1. The summed E-state index contributed by atoms with van der Waals surface area (Å²) in [6.45, 7) is 0. The van der Waals surface area contributed by atoms with Gasteiger partial charge in [-0.15, -0.1) is 0 Å². The zero-order valence-electron chi connectivity index (χ0n) is 13.2. The molecule has 0 spiro atoms. The van der Waals surface area contributed by atoms with E-state index in [0.29, 0.717) is 5.56 Å². The van der Waals surface area contributed by atoms with Gasteiger partial charge >= 0.3 is 5.97 Å². The number of esters is 1. The molecule has 0 aliphatic rings. The van der Waals surface area contributed by atoms with E-state index >= 15 is 0 Å². The number of hydrogen-bond acceptors (Lipinski definition) is 3. The van der Waals surface area contributed by atoms with E-state index in [-0.39, 0.29) is 5.97 Å². The third-order valence-electron chi connectivity index (χ3n) is 4.28. The first-order valence-electron chi connectivity index (χ1n) is 7.72. The van der Waals surface area contributed by atoms with Gasteiger partial charge in [0.15, 0.2) is 0 Å². The summed E-state index contributed by atoms with van der Waals surface area (Å²) >= 11 is 0. The molecule has 0 bridgehead atoms. The summed E-state index contributed by atoms with van der Waals surface area (Å²) in [5, 5.41) is 4.19. The zero-order chi connectivity index (χ0) is 16.5. The Hall–Kier alpha value is -3.20. The van der Waals surface area contributed by atoms with Crippen LogP contribution in [0.25, 0.3) is 32.7 Å². The van der Waals surface area contributed by atoms with E-state index in [1.165, 1.54) is 7.11 Å². The maximum absolute atomic E-state index is 11.9. The lowest BCUT2D eigenvalue weighted by atomic mass is 9.95. The largest absolute Gasteiger partial charge is 0.465 e. The second-order valence-corrected chi connectivity index (χ2v) is 5.64. The number of rotatable bonds is 2. The molecule has 3 aromatic carbocycles. The third-order valence-corrected chi connectivity index (χ3v) is 4.28. The van der Waals surface area contributed by atoms with E-state index < -0.39 is 0 Å². The van der Waals surface area contributed by atoms with E-state index in [1.54, 1.807) is 6.07 Å². The van der Waals surface area contributed by atoms with Gasteiger partial charge in [0.25, 0.3) is 0 Å². The molecule has 116 valence electrons. The lowest BCUT2D eigenvalue weighted by Crippen LogP contribution is -2.01. The van der Waals surface area contributed by atoms with Crippen molar-refractivity contribution in [2.75, 3.05) is 7.11 Å². The summed E-state index contributed by atoms with van der Waals surface area (Å²) in [7, 11) is 1.40. The number of pyridine rings is 1. The maximum atomic E-state index is 11.9. The number of fused-ring (bicyclic) bond motifs is 2. The Morgan fingerprint density at radius 1 is 0.917 bits per heavy atom. The van der Waals surface area contributed by atoms with Crippen LogP contribution in [0.15, 0.2) is 73.1 Å². The molecule has 0 amide bonds. The van der Waals surface area contributed by atoms with Gasteiger partial charge in [0.1, 0.15) is 0 Å². The number of carbonyl (C=O) groups excluding carboxylic acids is 1. The van der Waals surface area contributed by atoms with Crippen molar-refractivity contribution >= 4 is 27.5 Å². The first-order chi connectivity index (χ1) is 11.8. The number of aromatic nitrogens is 1. The second-order valence-electron chi connectivity index (χ2n) is 5.64. The molecule has 0 fully saturated rings. The average molecular weight is 313 g/mol. The van der Waals surface area contributed by atoms with Crippen molar-refractivity contribution in [3.8, 4) is 11.1 Å². The number of nitrogens with zero attached hydrogens (tertiary/aromatic N) is 1. The van der Waals surface area contributed by atoms with Crippen LogP contribution in [0.5, 0.6) is 0 Å². The van der Waals surface area contributed by atoms with E-state index in [1.807, 2.05) is 48.8 Å². The summed E-state index contributed by atoms with van der Waals surface area (Å²) in [5.74, 6) is -0.315. The molecule has 1 aromatic heterocycles. The van der Waals surface area contributed by atoms with E-state index in [9.17, 15) is 4.79 Å². The third kappa shape index (κ3) is 2.31. The van der Waals surface area contributed by atoms with Crippen LogP contribution in [-0.4, -0.2) is 18.1 Å². The van der Waals surface area contributed by atoms with Crippen molar-refractivity contribution in [1.29, 1.82) is 0 Å². The molecule has 0 radical (unpaired) electrons. The highest BCUT2D eigenvalue weighted by molar-refractivity contribution is 6.06. The molecule has 0 saturated carbocycles. The molecular weight excluding hydrogens is 298 g/mol. The van der Waals surface area contributed by atoms with Gasteiger partial charge in [0, 0.05) is 17.8 Å². The number of methoxy groups -OCH3 is 1. The Balaban J connectivity index is 1.94. The number of hydrogen-bond donors (Lipinski definition) is 0. The standard InChI is InChI=1S/C21H15NO2/c1-24-21(23)20-7-2-4-14-12-15(8-9-18(14)20)17-6-3-5-16-13-22-11-10-19(16)17/h2-13H,1H3. The zero-order valence-corrected chi connectivity index (χ0v) is 13.2. The summed E-state index contributed by atoms with van der Waals surface area (Å²) in [6, 6.07) is 20.0. The second kappa shape index (κ2) is 5.78. The van der Waals surface area contributed by atoms with Crippen molar-refractivity contribution in [2.24, 2.45) is 0 Å². The molecule has 4 rings (SSSR count). The van der Waals surface area contributed by atoms with E-state index in [2.05, 4.69) is 23.2 Å². The summed E-state index contributed by atoms with van der Waals surface area (Å²) in [6.07, 6.45) is 3.68. The van der Waals surface area contributed by atoms with Crippen molar-refractivity contribution in [2.45, 2.75) is 0 Å². The molecular formula is C21H15NO2. The maximum Gasteiger partial charge on any atom is 0.338 e. The van der Waals surface area contributed by atoms with E-state index in [0.717, 1.165) is 32.7 Å². The van der Waals surface area contributed by atoms with Crippen LogP contribution >= 0.6 is 0 Å². The number of carbonyl (C=O) groups is 1. The molecule has 0 atom stereocenters. The van der Waals surface area contributed by atoms with E-state index in [4.69, 9.17) is 4.74 Å². The summed E-state index contributed by atoms with van der Waals surface area (Å²) in [5.41, 5.74) is 2.85. The quantitative estimate of drug-likeness (QED) is 0.497. The molecule has 1 heterocycles. The Labute approximate surface area is 139 Å². The van der Waals surface area contributed by atoms with Crippen LogP contribution < -0.4 is 0 Å². The highest BCUT2D eigenvalue weighted by atomic mass is 16.5. The van der Waals surface area contributed by atoms with Crippen LogP contribution in [0.2, 0.25) is 0 Å². The minimum absolute atomic E-state index is 0.315. The van der Waals surface area contributed by atoms with Crippen molar-refractivity contribution in [3.05, 3.63) is 78.6 Å². The summed E-state index contributed by atoms with van der Waals surface area (Å²) < 4.78 is 4.87. The molecule has 3 nitrogen and oxygen atoms in total. The van der Waals surface area contributed by atoms with Crippen LogP contribution in [0.3, 0.4) is 0 Å². The Kier molecular flexibility index (Phi) is 3.47. The molecule has 4 aromatic rings. The Morgan fingerprint density at radius 3 is 2.62 bits per heavy atom. The van der Waals surface area contributed by atoms with Gasteiger partial charge in [-0.25, -0.2) is 4.79 Å². The Bertz CT molecular complexity index is 1060. The van der Waals surface area contributed by atoms with Crippen LogP contribution in [0.4, 0.5) is 0 Å². The van der Waals surface area contributed by atoms with Gasteiger partial charge in [-0.1, -0.05) is 42.5 Å². The van der Waals surface area contributed by atoms with Crippen LogP contribution in [0.1, 0.15) is 10.4 Å². The minimum Gasteiger partial charge on any atom is -0.465 e. The van der Waals surface area contributed by atoms with Crippen LogP contribution in [0, 0.1) is 0 Å². The van der Waals surface area contributed by atoms with Crippen LogP contribution in [-0.2, 0) is 4.74 Å². The van der Waals surface area contributed by atoms with Gasteiger partial charge < -0.3 is 4.74 Å². The molecule has 0 aliphatic carbocycles. The molecule has 3 heteroatoms. The molecule has 24 heavy (non-hydrogen) atoms. The average Bonchev–Trinajstić information content (AvgIpc) is 2.66. The fourth-order valence-electron chi connectivity index (χ4n) is 3.11. The highest BCUT2D eigenvalue weighted by Gasteiger charge is 2.11. The highest BCUT2D eigenvalue weighted by Crippen LogP contribution is 2.31. The van der Waals surface area contributed by atoms with Gasteiger partial charge in [-0.3, -0.25) is 4.98 Å². The first kappa shape index (κ1) is 14.4. The smallest absolute Gasteiger partial charge is 0.338 e. The lowest BCUT2D eigenvalue weighted by molar-refractivity contribution is 0.0603. The topological polar surface area (TPSA) is 39.2 Å². The monoisotopic (exact) mass is 313 g/mol. The number of benzene rings is 3. The van der Waals surface area contributed by atoms with Crippen molar-refractivity contribution < 1.29 is 9.53 Å². The Morgan fingerprint density at radius 2 is 1.75 bits per heavy atom. The summed E-state index contributed by atoms with van der Waals surface area (Å²) in [4.78, 5) is 16.1. The lowest BCUT2D eigenvalue weighted by Gasteiger charge is -2.09. The van der Waals surface area contributed by atoms with Gasteiger partial charge in [-0.2, -0.15) is 0 Å². The van der Waals surface area contributed by atoms with Crippen molar-refractivity contribution in [3.63, 3.8) is 0 Å². The normalized spacial score (nSPS) is 10.9. The molecule has 0 unspecified atom stereocenters. The minimum atomic E-state index is -0.315. The fraction of sp³-hybridized carbons (Fsp3) is 0.0476. The first-order valence-corrected chi connectivity index (χ1v) is 7.72. The predicted octanol–water partition coefficient (Wildman–Crippen LogP) is 4.84. The van der Waals surface area contributed by atoms with Gasteiger partial charge in [-0.05, 0) is 45.5 Å². The molecule has 0 aliphatic heterocycles. The van der Waals surface area contributed by atoms with Gasteiger partial charge in [0.2, 0.25) is 0 Å².